The fourth-order valence-electron chi connectivity index (χ4n) is 1.48. The van der Waals surface area contributed by atoms with Crippen molar-refractivity contribution in [1.82, 2.24) is 4.90 Å². The van der Waals surface area contributed by atoms with Gasteiger partial charge in [0, 0.05) is 40.1 Å². The van der Waals surface area contributed by atoms with Crippen LogP contribution in [0.4, 0.5) is 11.4 Å². The van der Waals surface area contributed by atoms with Crippen molar-refractivity contribution in [2.75, 3.05) is 33.1 Å². The van der Waals surface area contributed by atoms with Gasteiger partial charge in [-0.2, -0.15) is 0 Å². The second kappa shape index (κ2) is 7.31. The molecule has 0 heterocycles. The van der Waals surface area contributed by atoms with Crippen molar-refractivity contribution in [2.24, 2.45) is 15.2 Å². The van der Waals surface area contributed by atoms with Gasteiger partial charge < -0.3 is 9.80 Å². The average Bonchev–Trinajstić information content (AvgIpc) is 2.40. The first-order valence-electron chi connectivity index (χ1n) is 6.10. The van der Waals surface area contributed by atoms with Crippen molar-refractivity contribution in [1.29, 1.82) is 0 Å². The molecule has 0 saturated heterocycles. The van der Waals surface area contributed by atoms with E-state index in [-0.39, 0.29) is 0 Å². The number of allylic oxidation sites excluding steroid dienone is 1. The number of guanidine groups is 1. The van der Waals surface area contributed by atoms with E-state index >= 15 is 0 Å². The Hall–Kier alpha value is -2.17. The summed E-state index contributed by atoms with van der Waals surface area (Å²) in [5.41, 5.74) is 1.94. The molecule has 0 unspecified atom stereocenters. The molecule has 0 spiro atoms. The van der Waals surface area contributed by atoms with Gasteiger partial charge in [0.05, 0.1) is 5.69 Å². The molecular formula is C14H21N5. The molecule has 19 heavy (non-hydrogen) atoms. The van der Waals surface area contributed by atoms with Gasteiger partial charge in [-0.1, -0.05) is 6.08 Å². The quantitative estimate of drug-likeness (QED) is 0.475. The van der Waals surface area contributed by atoms with Crippen LogP contribution in [0, 0.1) is 0 Å². The van der Waals surface area contributed by atoms with Gasteiger partial charge in [0.2, 0.25) is 5.96 Å². The Kier molecular flexibility index (Phi) is 5.73. The van der Waals surface area contributed by atoms with Crippen molar-refractivity contribution in [3.05, 3.63) is 36.5 Å². The van der Waals surface area contributed by atoms with Gasteiger partial charge >= 0.3 is 0 Å². The summed E-state index contributed by atoms with van der Waals surface area (Å²) in [5.74, 6) is 0.565. The summed E-state index contributed by atoms with van der Waals surface area (Å²) in [6, 6.07) is 7.88. The van der Waals surface area contributed by atoms with E-state index in [1.807, 2.05) is 74.4 Å². The minimum atomic E-state index is 0.565. The molecular weight excluding hydrogens is 238 g/mol. The van der Waals surface area contributed by atoms with Crippen molar-refractivity contribution in [3.63, 3.8) is 0 Å². The predicted molar refractivity (Wildman–Crippen MR) is 81.2 cm³/mol. The van der Waals surface area contributed by atoms with E-state index in [1.54, 1.807) is 7.05 Å². The molecule has 5 heteroatoms. The Bertz CT molecular complexity index is 471. The van der Waals surface area contributed by atoms with Crippen LogP contribution in [0.2, 0.25) is 0 Å². The Balaban J connectivity index is 2.80. The van der Waals surface area contributed by atoms with Gasteiger partial charge in [0.15, 0.2) is 0 Å². The first-order valence-corrected chi connectivity index (χ1v) is 6.10. The number of nitrogens with zero attached hydrogens (tertiary/aromatic N) is 5. The topological polar surface area (TPSA) is 43.6 Å². The highest BCUT2D eigenvalue weighted by atomic mass is 15.3. The molecule has 0 aliphatic heterocycles. The van der Waals surface area contributed by atoms with Crippen molar-refractivity contribution in [2.45, 2.75) is 6.92 Å². The summed E-state index contributed by atoms with van der Waals surface area (Å²) in [7, 11) is 7.59. The smallest absolute Gasteiger partial charge is 0.244 e. The van der Waals surface area contributed by atoms with E-state index in [0.29, 0.717) is 5.96 Å². The summed E-state index contributed by atoms with van der Waals surface area (Å²) < 4.78 is 0. The Labute approximate surface area is 115 Å². The van der Waals surface area contributed by atoms with E-state index in [0.717, 1.165) is 11.4 Å². The van der Waals surface area contributed by atoms with Gasteiger partial charge in [-0.05, 0) is 31.2 Å². The number of hydrogen-bond donors (Lipinski definition) is 0. The van der Waals surface area contributed by atoms with E-state index in [4.69, 9.17) is 0 Å². The standard InChI is InChI=1S/C14H21N5/c1-6-11-19(5)14(15-2)17-16-12-7-9-13(10-8-12)18(3)4/h6-11H,1-5H3/b11-6-,15-14+,17-16?. The van der Waals surface area contributed by atoms with Crippen LogP contribution in [0.5, 0.6) is 0 Å². The predicted octanol–water partition coefficient (Wildman–Crippen LogP) is 3.29. The monoisotopic (exact) mass is 259 g/mol. The molecule has 0 saturated carbocycles. The highest BCUT2D eigenvalue weighted by Crippen LogP contribution is 2.18. The van der Waals surface area contributed by atoms with E-state index in [9.17, 15) is 0 Å². The first-order chi connectivity index (χ1) is 9.08. The number of azo groups is 1. The van der Waals surface area contributed by atoms with Gasteiger partial charge in [0.1, 0.15) is 0 Å². The second-order valence-corrected chi connectivity index (χ2v) is 4.23. The average molecular weight is 259 g/mol. The molecule has 1 aromatic rings. The zero-order valence-corrected chi connectivity index (χ0v) is 12.2. The van der Waals surface area contributed by atoms with Crippen LogP contribution in [0.15, 0.2) is 51.8 Å². The van der Waals surface area contributed by atoms with E-state index in [1.165, 1.54) is 0 Å². The van der Waals surface area contributed by atoms with Crippen molar-refractivity contribution < 1.29 is 0 Å². The highest BCUT2D eigenvalue weighted by molar-refractivity contribution is 5.81. The molecule has 0 amide bonds. The molecule has 1 aromatic carbocycles. The molecule has 0 fully saturated rings. The van der Waals surface area contributed by atoms with Gasteiger partial charge in [-0.3, -0.25) is 4.99 Å². The van der Waals surface area contributed by atoms with E-state index in [2.05, 4.69) is 15.2 Å². The highest BCUT2D eigenvalue weighted by Gasteiger charge is 2.00. The minimum Gasteiger partial charge on any atom is -0.378 e. The van der Waals surface area contributed by atoms with Gasteiger partial charge in [0.25, 0.3) is 0 Å². The molecule has 5 nitrogen and oxygen atoms in total. The number of benzene rings is 1. The van der Waals surface area contributed by atoms with Crippen LogP contribution in [-0.4, -0.2) is 39.1 Å². The number of rotatable bonds is 3. The lowest BCUT2D eigenvalue weighted by atomic mass is 10.3. The second-order valence-electron chi connectivity index (χ2n) is 4.23. The van der Waals surface area contributed by atoms with Gasteiger partial charge in [-0.15, -0.1) is 10.2 Å². The Morgan fingerprint density at radius 3 is 2.21 bits per heavy atom. The van der Waals surface area contributed by atoms with Crippen LogP contribution >= 0.6 is 0 Å². The summed E-state index contributed by atoms with van der Waals surface area (Å²) in [6.07, 6.45) is 3.81. The third kappa shape index (κ3) is 4.54. The zero-order valence-electron chi connectivity index (χ0n) is 12.2. The van der Waals surface area contributed by atoms with Crippen LogP contribution in [0.3, 0.4) is 0 Å². The summed E-state index contributed by atoms with van der Waals surface area (Å²) in [4.78, 5) is 7.95. The summed E-state index contributed by atoms with van der Waals surface area (Å²) in [6.45, 7) is 1.95. The lowest BCUT2D eigenvalue weighted by Crippen LogP contribution is -2.18. The maximum absolute atomic E-state index is 4.18. The fraction of sp³-hybridized carbons (Fsp3) is 0.357. The Morgan fingerprint density at radius 2 is 1.74 bits per heavy atom. The fourth-order valence-corrected chi connectivity index (χ4v) is 1.48. The third-order valence-electron chi connectivity index (χ3n) is 2.51. The van der Waals surface area contributed by atoms with Crippen molar-refractivity contribution in [3.8, 4) is 0 Å². The molecule has 0 bridgehead atoms. The number of aliphatic imine (C=N–C) groups is 1. The summed E-state index contributed by atoms with van der Waals surface area (Å²) in [5, 5.41) is 8.32. The number of hydrogen-bond acceptors (Lipinski definition) is 3. The summed E-state index contributed by atoms with van der Waals surface area (Å²) >= 11 is 0. The maximum atomic E-state index is 4.18. The number of anilines is 1. The zero-order chi connectivity index (χ0) is 14.3. The van der Waals surface area contributed by atoms with Crippen molar-refractivity contribution >= 4 is 17.3 Å². The lowest BCUT2D eigenvalue weighted by Gasteiger charge is -2.12. The largest absolute Gasteiger partial charge is 0.378 e. The van der Waals surface area contributed by atoms with Crippen LogP contribution in [-0.2, 0) is 0 Å². The molecule has 0 aromatic heterocycles. The molecule has 0 atom stereocenters. The minimum absolute atomic E-state index is 0.565. The van der Waals surface area contributed by atoms with Crippen LogP contribution in [0.25, 0.3) is 0 Å². The molecule has 0 aliphatic rings. The molecule has 0 N–H and O–H groups in total. The molecule has 0 radical (unpaired) electrons. The molecule has 0 aliphatic carbocycles. The Morgan fingerprint density at radius 1 is 1.11 bits per heavy atom. The molecule has 102 valence electrons. The van der Waals surface area contributed by atoms with Crippen LogP contribution in [0.1, 0.15) is 6.92 Å². The van der Waals surface area contributed by atoms with Gasteiger partial charge in [-0.25, -0.2) is 0 Å². The first kappa shape index (κ1) is 14.9. The lowest BCUT2D eigenvalue weighted by molar-refractivity contribution is 0.670. The van der Waals surface area contributed by atoms with E-state index < -0.39 is 0 Å². The SMILES string of the molecule is C/C=C\N(C)/C(N=Nc1ccc(N(C)C)cc1)=N/C. The normalized spacial score (nSPS) is 12.4. The van der Waals surface area contributed by atoms with Crippen LogP contribution < -0.4 is 4.90 Å². The third-order valence-corrected chi connectivity index (χ3v) is 2.51. The molecule has 1 rings (SSSR count). The maximum Gasteiger partial charge on any atom is 0.244 e.